The normalized spacial score (nSPS) is 19.8. The summed E-state index contributed by atoms with van der Waals surface area (Å²) in [7, 11) is 1.39. The largest absolute Gasteiger partial charge is 0.468 e. The second kappa shape index (κ2) is 6.21. The van der Waals surface area contributed by atoms with Crippen LogP contribution in [0.15, 0.2) is 0 Å². The molecule has 0 bridgehead atoms. The summed E-state index contributed by atoms with van der Waals surface area (Å²) in [5.74, 6) is -0.235. The topological polar surface area (TPSA) is 49.8 Å². The monoisotopic (exact) mass is 229 g/mol. The molecule has 1 aliphatic carbocycles. The van der Waals surface area contributed by atoms with Gasteiger partial charge in [0.1, 0.15) is 0 Å². The Morgan fingerprint density at radius 3 is 2.50 bits per heavy atom. The van der Waals surface area contributed by atoms with Crippen molar-refractivity contribution in [3.63, 3.8) is 0 Å². The minimum absolute atomic E-state index is 0.235. The van der Waals surface area contributed by atoms with Crippen molar-refractivity contribution in [2.75, 3.05) is 26.7 Å². The summed E-state index contributed by atoms with van der Waals surface area (Å²) in [4.78, 5) is 13.1. The van der Waals surface area contributed by atoms with Crippen molar-refractivity contribution in [3.8, 4) is 0 Å². The van der Waals surface area contributed by atoms with Crippen LogP contribution < -0.4 is 0 Å². The Morgan fingerprint density at radius 1 is 1.38 bits per heavy atom. The molecule has 0 aromatic heterocycles. The van der Waals surface area contributed by atoms with Gasteiger partial charge in [-0.05, 0) is 19.4 Å². The molecule has 0 aliphatic heterocycles. The number of hydrogen-bond donors (Lipinski definition) is 1. The molecular weight excluding hydrogens is 206 g/mol. The highest BCUT2D eigenvalue weighted by Crippen LogP contribution is 2.28. The molecule has 0 amide bonds. The van der Waals surface area contributed by atoms with Crippen LogP contribution in [-0.4, -0.2) is 48.3 Å². The number of carbonyl (C=O) groups is 1. The smallest absolute Gasteiger partial charge is 0.319 e. The minimum atomic E-state index is -0.595. The number of esters is 1. The zero-order valence-corrected chi connectivity index (χ0v) is 10.4. The van der Waals surface area contributed by atoms with E-state index < -0.39 is 5.60 Å². The summed E-state index contributed by atoms with van der Waals surface area (Å²) in [6.45, 7) is 3.61. The van der Waals surface area contributed by atoms with E-state index in [1.54, 1.807) is 0 Å². The van der Waals surface area contributed by atoms with E-state index in [9.17, 15) is 9.90 Å². The van der Waals surface area contributed by atoms with Crippen molar-refractivity contribution in [2.24, 2.45) is 0 Å². The fraction of sp³-hybridized carbons (Fsp3) is 0.917. The van der Waals surface area contributed by atoms with Gasteiger partial charge >= 0.3 is 5.97 Å². The van der Waals surface area contributed by atoms with E-state index in [0.29, 0.717) is 6.54 Å². The van der Waals surface area contributed by atoms with E-state index in [0.717, 1.165) is 32.2 Å². The van der Waals surface area contributed by atoms with Gasteiger partial charge in [0.25, 0.3) is 0 Å². The van der Waals surface area contributed by atoms with Gasteiger partial charge in [0, 0.05) is 6.54 Å². The van der Waals surface area contributed by atoms with Crippen LogP contribution in [0.4, 0.5) is 0 Å². The Hall–Kier alpha value is -0.610. The van der Waals surface area contributed by atoms with Crippen molar-refractivity contribution in [1.82, 2.24) is 4.90 Å². The first kappa shape index (κ1) is 13.5. The predicted molar refractivity (Wildman–Crippen MR) is 62.2 cm³/mol. The maximum absolute atomic E-state index is 11.2. The van der Waals surface area contributed by atoms with Crippen molar-refractivity contribution >= 4 is 5.97 Å². The standard InChI is InChI=1S/C12H23NO3/c1-3-13(9-11(14)16-2)10-12(15)7-5-4-6-8-12/h15H,3-10H2,1-2H3. The molecule has 1 fully saturated rings. The maximum Gasteiger partial charge on any atom is 0.319 e. The molecule has 0 heterocycles. The summed E-state index contributed by atoms with van der Waals surface area (Å²) in [6, 6.07) is 0. The van der Waals surface area contributed by atoms with Crippen molar-refractivity contribution in [3.05, 3.63) is 0 Å². The Kier molecular flexibility index (Phi) is 5.22. The molecule has 4 heteroatoms. The van der Waals surface area contributed by atoms with Gasteiger partial charge in [0.05, 0.1) is 19.3 Å². The average molecular weight is 229 g/mol. The lowest BCUT2D eigenvalue weighted by molar-refractivity contribution is -0.142. The third kappa shape index (κ3) is 4.10. The third-order valence-corrected chi connectivity index (χ3v) is 3.33. The van der Waals surface area contributed by atoms with Gasteiger partial charge in [-0.3, -0.25) is 9.69 Å². The summed E-state index contributed by atoms with van der Waals surface area (Å²) < 4.78 is 4.64. The van der Waals surface area contributed by atoms with Gasteiger partial charge in [-0.2, -0.15) is 0 Å². The Balaban J connectivity index is 2.44. The molecule has 0 aromatic carbocycles. The number of methoxy groups -OCH3 is 1. The number of carbonyl (C=O) groups excluding carboxylic acids is 1. The molecule has 0 atom stereocenters. The van der Waals surface area contributed by atoms with Crippen LogP contribution in [0.2, 0.25) is 0 Å². The highest BCUT2D eigenvalue weighted by Gasteiger charge is 2.31. The minimum Gasteiger partial charge on any atom is -0.468 e. The number of ether oxygens (including phenoxy) is 1. The summed E-state index contributed by atoms with van der Waals surface area (Å²) in [5.41, 5.74) is -0.595. The molecule has 1 N–H and O–H groups in total. The number of hydrogen-bond acceptors (Lipinski definition) is 4. The quantitative estimate of drug-likeness (QED) is 0.719. The number of likely N-dealkylation sites (N-methyl/N-ethyl adjacent to an activating group) is 1. The van der Waals surface area contributed by atoms with Gasteiger partial charge in [0.2, 0.25) is 0 Å². The van der Waals surface area contributed by atoms with Crippen LogP contribution in [0.3, 0.4) is 0 Å². The molecule has 16 heavy (non-hydrogen) atoms. The molecule has 1 rings (SSSR count). The van der Waals surface area contributed by atoms with Crippen molar-refractivity contribution in [1.29, 1.82) is 0 Å². The van der Waals surface area contributed by atoms with Crippen LogP contribution in [-0.2, 0) is 9.53 Å². The number of rotatable bonds is 5. The molecule has 94 valence electrons. The number of nitrogens with zero attached hydrogens (tertiary/aromatic N) is 1. The average Bonchev–Trinajstić information content (AvgIpc) is 2.28. The van der Waals surface area contributed by atoms with E-state index in [-0.39, 0.29) is 12.5 Å². The van der Waals surface area contributed by atoms with E-state index in [1.165, 1.54) is 13.5 Å². The summed E-state index contributed by atoms with van der Waals surface area (Å²) in [5, 5.41) is 10.4. The molecule has 4 nitrogen and oxygen atoms in total. The van der Waals surface area contributed by atoms with Gasteiger partial charge in [-0.25, -0.2) is 0 Å². The van der Waals surface area contributed by atoms with Crippen LogP contribution in [0.5, 0.6) is 0 Å². The Labute approximate surface area is 97.6 Å². The van der Waals surface area contributed by atoms with Gasteiger partial charge in [-0.15, -0.1) is 0 Å². The van der Waals surface area contributed by atoms with E-state index >= 15 is 0 Å². The van der Waals surface area contributed by atoms with Crippen LogP contribution in [0.1, 0.15) is 39.0 Å². The van der Waals surface area contributed by atoms with E-state index in [4.69, 9.17) is 0 Å². The molecule has 1 aliphatic rings. The van der Waals surface area contributed by atoms with Crippen LogP contribution >= 0.6 is 0 Å². The highest BCUT2D eigenvalue weighted by molar-refractivity contribution is 5.71. The zero-order chi connectivity index (χ0) is 12.0. The van der Waals surface area contributed by atoms with Crippen molar-refractivity contribution < 1.29 is 14.6 Å². The fourth-order valence-electron chi connectivity index (χ4n) is 2.31. The third-order valence-electron chi connectivity index (χ3n) is 3.33. The second-order valence-corrected chi connectivity index (χ2v) is 4.66. The first-order valence-corrected chi connectivity index (χ1v) is 6.11. The van der Waals surface area contributed by atoms with Gasteiger partial charge < -0.3 is 9.84 Å². The molecular formula is C12H23NO3. The lowest BCUT2D eigenvalue weighted by Crippen LogP contribution is -2.46. The first-order chi connectivity index (χ1) is 7.59. The lowest BCUT2D eigenvalue weighted by Gasteiger charge is -2.36. The predicted octanol–water partition coefficient (Wildman–Crippen LogP) is 1.18. The van der Waals surface area contributed by atoms with Crippen LogP contribution in [0, 0.1) is 0 Å². The summed E-state index contributed by atoms with van der Waals surface area (Å²) >= 11 is 0. The van der Waals surface area contributed by atoms with Gasteiger partial charge in [-0.1, -0.05) is 26.2 Å². The maximum atomic E-state index is 11.2. The second-order valence-electron chi connectivity index (χ2n) is 4.66. The van der Waals surface area contributed by atoms with E-state index in [1.807, 2.05) is 11.8 Å². The molecule has 0 radical (unpaired) electrons. The molecule has 0 unspecified atom stereocenters. The SMILES string of the molecule is CCN(CC(=O)OC)CC1(O)CCCCC1. The lowest BCUT2D eigenvalue weighted by atomic mass is 9.84. The first-order valence-electron chi connectivity index (χ1n) is 6.11. The van der Waals surface area contributed by atoms with Crippen molar-refractivity contribution in [2.45, 2.75) is 44.6 Å². The number of aliphatic hydroxyl groups is 1. The van der Waals surface area contributed by atoms with Gasteiger partial charge in [0.15, 0.2) is 0 Å². The Bertz CT molecular complexity index is 224. The zero-order valence-electron chi connectivity index (χ0n) is 10.4. The molecule has 0 saturated heterocycles. The van der Waals surface area contributed by atoms with Crippen LogP contribution in [0.25, 0.3) is 0 Å². The summed E-state index contributed by atoms with van der Waals surface area (Å²) in [6.07, 6.45) is 5.10. The molecule has 1 saturated carbocycles. The highest BCUT2D eigenvalue weighted by atomic mass is 16.5. The Morgan fingerprint density at radius 2 is 2.00 bits per heavy atom. The molecule has 0 aromatic rings. The molecule has 0 spiro atoms. The fourth-order valence-corrected chi connectivity index (χ4v) is 2.31. The van der Waals surface area contributed by atoms with E-state index in [2.05, 4.69) is 4.74 Å².